The third-order valence-electron chi connectivity index (χ3n) is 2.22. The monoisotopic (exact) mass is 208 g/mol. The van der Waals surface area contributed by atoms with Gasteiger partial charge in [0, 0.05) is 12.7 Å². The first kappa shape index (κ1) is 11.5. The first-order valence-electron chi connectivity index (χ1n) is 4.79. The summed E-state index contributed by atoms with van der Waals surface area (Å²) in [5, 5.41) is 11.6. The first-order chi connectivity index (χ1) is 7.19. The van der Waals surface area contributed by atoms with E-state index in [0.29, 0.717) is 5.69 Å². The molecule has 0 bridgehead atoms. The molecule has 0 saturated carbocycles. The van der Waals surface area contributed by atoms with Gasteiger partial charge in [0.05, 0.1) is 0 Å². The molecule has 0 unspecified atom stereocenters. The van der Waals surface area contributed by atoms with Gasteiger partial charge in [-0.3, -0.25) is 4.98 Å². The van der Waals surface area contributed by atoms with Crippen LogP contribution in [0.1, 0.15) is 18.2 Å². The molecule has 0 radical (unpaired) electrons. The van der Waals surface area contributed by atoms with Crippen molar-refractivity contribution in [2.75, 3.05) is 13.6 Å². The molecule has 0 atom stereocenters. The predicted octanol–water partition coefficient (Wildman–Crippen LogP) is 0.628. The predicted molar refractivity (Wildman–Crippen MR) is 58.8 cm³/mol. The first-order valence-corrected chi connectivity index (χ1v) is 4.79. The SMILES string of the molecule is CCN(C)Cc1cccnc1C(N)=NO. The Morgan fingerprint density at radius 1 is 1.67 bits per heavy atom. The Hall–Kier alpha value is -1.62. The number of hydrogen-bond donors (Lipinski definition) is 2. The van der Waals surface area contributed by atoms with E-state index in [1.165, 1.54) is 0 Å². The van der Waals surface area contributed by atoms with E-state index in [1.807, 2.05) is 19.2 Å². The topological polar surface area (TPSA) is 74.7 Å². The zero-order valence-electron chi connectivity index (χ0n) is 9.01. The molecule has 0 fully saturated rings. The van der Waals surface area contributed by atoms with Gasteiger partial charge < -0.3 is 15.8 Å². The van der Waals surface area contributed by atoms with Gasteiger partial charge in [-0.25, -0.2) is 0 Å². The van der Waals surface area contributed by atoms with Crippen LogP contribution >= 0.6 is 0 Å². The van der Waals surface area contributed by atoms with Crippen LogP contribution < -0.4 is 5.73 Å². The summed E-state index contributed by atoms with van der Waals surface area (Å²) in [6.45, 7) is 3.74. The number of nitrogens with two attached hydrogens (primary N) is 1. The number of nitrogens with zero attached hydrogens (tertiary/aromatic N) is 3. The Labute approximate surface area is 89.2 Å². The summed E-state index contributed by atoms with van der Waals surface area (Å²) in [5.41, 5.74) is 7.03. The summed E-state index contributed by atoms with van der Waals surface area (Å²) < 4.78 is 0. The molecule has 0 aliphatic rings. The average molecular weight is 208 g/mol. The molecule has 0 amide bonds. The van der Waals surface area contributed by atoms with Crippen molar-refractivity contribution in [3.05, 3.63) is 29.6 Å². The Balaban J connectivity index is 2.96. The molecule has 0 aliphatic heterocycles. The van der Waals surface area contributed by atoms with Gasteiger partial charge in [0.2, 0.25) is 0 Å². The lowest BCUT2D eigenvalue weighted by molar-refractivity contribution is 0.318. The highest BCUT2D eigenvalue weighted by Gasteiger charge is 2.09. The Morgan fingerprint density at radius 3 is 3.00 bits per heavy atom. The van der Waals surface area contributed by atoms with Crippen molar-refractivity contribution >= 4 is 5.84 Å². The summed E-state index contributed by atoms with van der Waals surface area (Å²) in [5.74, 6) is 0.0510. The van der Waals surface area contributed by atoms with E-state index in [4.69, 9.17) is 10.9 Å². The fourth-order valence-electron chi connectivity index (χ4n) is 1.25. The van der Waals surface area contributed by atoms with Gasteiger partial charge in [-0.05, 0) is 25.2 Å². The van der Waals surface area contributed by atoms with Gasteiger partial charge in [-0.15, -0.1) is 0 Å². The number of oxime groups is 1. The van der Waals surface area contributed by atoms with E-state index in [1.54, 1.807) is 6.20 Å². The van der Waals surface area contributed by atoms with Crippen LogP contribution in [-0.2, 0) is 6.54 Å². The number of aromatic nitrogens is 1. The lowest BCUT2D eigenvalue weighted by atomic mass is 10.1. The molecule has 5 nitrogen and oxygen atoms in total. The van der Waals surface area contributed by atoms with Gasteiger partial charge in [-0.1, -0.05) is 18.1 Å². The molecule has 1 rings (SSSR count). The normalized spacial score (nSPS) is 12.1. The van der Waals surface area contributed by atoms with E-state index in [-0.39, 0.29) is 5.84 Å². The van der Waals surface area contributed by atoms with Crippen LogP contribution in [0.15, 0.2) is 23.5 Å². The molecule has 5 heteroatoms. The van der Waals surface area contributed by atoms with Gasteiger partial charge in [0.25, 0.3) is 0 Å². The Morgan fingerprint density at radius 2 is 2.40 bits per heavy atom. The average Bonchev–Trinajstić information content (AvgIpc) is 2.28. The van der Waals surface area contributed by atoms with E-state index in [0.717, 1.165) is 18.7 Å². The Bertz CT molecular complexity index is 351. The molecule has 3 N–H and O–H groups in total. The summed E-state index contributed by atoms with van der Waals surface area (Å²) in [6.07, 6.45) is 1.63. The Kier molecular flexibility index (Phi) is 4.05. The standard InChI is InChI=1S/C10H16N4O/c1-3-14(2)7-8-5-4-6-12-9(8)10(11)13-15/h4-6,15H,3,7H2,1-2H3,(H2,11,13). The van der Waals surface area contributed by atoms with Crippen LogP contribution in [0, 0.1) is 0 Å². The summed E-state index contributed by atoms with van der Waals surface area (Å²) in [7, 11) is 2.00. The third-order valence-corrected chi connectivity index (χ3v) is 2.22. The van der Waals surface area contributed by atoms with Crippen molar-refractivity contribution in [1.29, 1.82) is 0 Å². The quantitative estimate of drug-likeness (QED) is 0.329. The summed E-state index contributed by atoms with van der Waals surface area (Å²) in [4.78, 5) is 6.21. The van der Waals surface area contributed by atoms with Crippen molar-refractivity contribution in [1.82, 2.24) is 9.88 Å². The van der Waals surface area contributed by atoms with Crippen molar-refractivity contribution in [2.24, 2.45) is 10.9 Å². The van der Waals surface area contributed by atoms with Gasteiger partial charge in [0.1, 0.15) is 5.69 Å². The molecule has 1 heterocycles. The fraction of sp³-hybridized carbons (Fsp3) is 0.400. The zero-order valence-corrected chi connectivity index (χ0v) is 9.01. The van der Waals surface area contributed by atoms with E-state index < -0.39 is 0 Å². The van der Waals surface area contributed by atoms with Crippen LogP contribution in [0.25, 0.3) is 0 Å². The van der Waals surface area contributed by atoms with Crippen LogP contribution in [-0.4, -0.2) is 34.5 Å². The lowest BCUT2D eigenvalue weighted by Crippen LogP contribution is -2.22. The molecular formula is C10H16N4O. The minimum Gasteiger partial charge on any atom is -0.409 e. The van der Waals surface area contributed by atoms with Crippen molar-refractivity contribution in [2.45, 2.75) is 13.5 Å². The highest BCUT2D eigenvalue weighted by Crippen LogP contribution is 2.07. The number of rotatable bonds is 4. The number of hydrogen-bond acceptors (Lipinski definition) is 4. The van der Waals surface area contributed by atoms with Crippen molar-refractivity contribution in [3.63, 3.8) is 0 Å². The van der Waals surface area contributed by atoms with E-state index in [2.05, 4.69) is 22.0 Å². The second-order valence-corrected chi connectivity index (χ2v) is 3.33. The second-order valence-electron chi connectivity index (χ2n) is 3.33. The molecular weight excluding hydrogens is 192 g/mol. The van der Waals surface area contributed by atoms with Crippen molar-refractivity contribution < 1.29 is 5.21 Å². The van der Waals surface area contributed by atoms with Crippen LogP contribution in [0.2, 0.25) is 0 Å². The molecule has 0 spiro atoms. The minimum atomic E-state index is 0.0510. The molecule has 82 valence electrons. The fourth-order valence-corrected chi connectivity index (χ4v) is 1.25. The summed E-state index contributed by atoms with van der Waals surface area (Å²) in [6, 6.07) is 3.76. The molecule has 0 aromatic carbocycles. The maximum atomic E-state index is 8.61. The van der Waals surface area contributed by atoms with Gasteiger partial charge >= 0.3 is 0 Å². The number of pyridine rings is 1. The minimum absolute atomic E-state index is 0.0510. The smallest absolute Gasteiger partial charge is 0.189 e. The maximum Gasteiger partial charge on any atom is 0.189 e. The summed E-state index contributed by atoms with van der Waals surface area (Å²) >= 11 is 0. The van der Waals surface area contributed by atoms with Gasteiger partial charge in [0.15, 0.2) is 5.84 Å². The number of amidine groups is 1. The molecule has 0 aliphatic carbocycles. The third kappa shape index (κ3) is 2.92. The highest BCUT2D eigenvalue weighted by atomic mass is 16.4. The van der Waals surface area contributed by atoms with Crippen LogP contribution in [0.5, 0.6) is 0 Å². The van der Waals surface area contributed by atoms with Gasteiger partial charge in [-0.2, -0.15) is 0 Å². The molecule has 1 aromatic rings. The largest absolute Gasteiger partial charge is 0.409 e. The van der Waals surface area contributed by atoms with E-state index in [9.17, 15) is 0 Å². The maximum absolute atomic E-state index is 8.61. The lowest BCUT2D eigenvalue weighted by Gasteiger charge is -2.15. The molecule has 0 saturated heterocycles. The van der Waals surface area contributed by atoms with Crippen molar-refractivity contribution in [3.8, 4) is 0 Å². The van der Waals surface area contributed by atoms with E-state index >= 15 is 0 Å². The van der Waals surface area contributed by atoms with Crippen LogP contribution in [0.3, 0.4) is 0 Å². The molecule has 1 aromatic heterocycles. The van der Waals surface area contributed by atoms with Crippen LogP contribution in [0.4, 0.5) is 0 Å². The highest BCUT2D eigenvalue weighted by molar-refractivity contribution is 5.96. The molecule has 15 heavy (non-hydrogen) atoms. The zero-order chi connectivity index (χ0) is 11.3. The second kappa shape index (κ2) is 5.31.